The molecular formula is C20H22N2O4. The Bertz CT molecular complexity index is 746. The van der Waals surface area contributed by atoms with Crippen LogP contribution in [0.5, 0.6) is 11.5 Å². The quantitative estimate of drug-likeness (QED) is 0.777. The van der Waals surface area contributed by atoms with E-state index >= 15 is 0 Å². The van der Waals surface area contributed by atoms with Gasteiger partial charge in [-0.15, -0.1) is 0 Å². The lowest BCUT2D eigenvalue weighted by Gasteiger charge is -2.24. The van der Waals surface area contributed by atoms with Gasteiger partial charge >= 0.3 is 0 Å². The number of benzene rings is 2. The van der Waals surface area contributed by atoms with Gasteiger partial charge in [-0.25, -0.2) is 0 Å². The van der Waals surface area contributed by atoms with Crippen LogP contribution in [0, 0.1) is 0 Å². The molecular weight excluding hydrogens is 332 g/mol. The first kappa shape index (κ1) is 17.9. The molecule has 2 aromatic carbocycles. The topological polar surface area (TPSA) is 67.9 Å². The van der Waals surface area contributed by atoms with Crippen LogP contribution >= 0.6 is 0 Å². The first-order valence-electron chi connectivity index (χ1n) is 8.60. The Kier molecular flexibility index (Phi) is 5.86. The summed E-state index contributed by atoms with van der Waals surface area (Å²) in [6, 6.07) is 16.2. The zero-order valence-electron chi connectivity index (χ0n) is 14.7. The number of hydrogen-bond donors (Lipinski definition) is 1. The van der Waals surface area contributed by atoms with Crippen molar-refractivity contribution in [1.82, 2.24) is 5.32 Å². The highest BCUT2D eigenvalue weighted by molar-refractivity contribution is 6.03. The van der Waals surface area contributed by atoms with Crippen molar-refractivity contribution < 1.29 is 19.1 Å². The summed E-state index contributed by atoms with van der Waals surface area (Å²) in [5.41, 5.74) is 0.694. The minimum absolute atomic E-state index is 0.0476. The number of nitrogens with zero attached hydrogens (tertiary/aromatic N) is 1. The molecule has 0 aromatic heterocycles. The van der Waals surface area contributed by atoms with Crippen molar-refractivity contribution in [2.24, 2.45) is 0 Å². The zero-order chi connectivity index (χ0) is 18.4. The molecule has 1 unspecified atom stereocenters. The summed E-state index contributed by atoms with van der Waals surface area (Å²) in [5, 5.41) is 2.81. The van der Waals surface area contributed by atoms with E-state index in [0.29, 0.717) is 37.4 Å². The zero-order valence-corrected chi connectivity index (χ0v) is 14.7. The minimum Gasteiger partial charge on any atom is -0.457 e. The highest BCUT2D eigenvalue weighted by atomic mass is 16.5. The first-order chi connectivity index (χ1) is 12.7. The number of methoxy groups -OCH3 is 1. The molecule has 2 amide bonds. The van der Waals surface area contributed by atoms with E-state index in [1.165, 1.54) is 0 Å². The molecule has 1 N–H and O–H groups in total. The molecule has 6 nitrogen and oxygen atoms in total. The van der Waals surface area contributed by atoms with Crippen LogP contribution in [0.3, 0.4) is 0 Å². The van der Waals surface area contributed by atoms with Gasteiger partial charge in [-0.05, 0) is 42.8 Å². The number of anilines is 1. The van der Waals surface area contributed by atoms with Gasteiger partial charge in [0.25, 0.3) is 0 Å². The normalized spacial score (nSPS) is 16.6. The van der Waals surface area contributed by atoms with Gasteiger partial charge in [-0.1, -0.05) is 18.2 Å². The van der Waals surface area contributed by atoms with Gasteiger partial charge in [0.05, 0.1) is 6.61 Å². The van der Waals surface area contributed by atoms with Gasteiger partial charge in [0.15, 0.2) is 0 Å². The summed E-state index contributed by atoms with van der Waals surface area (Å²) in [7, 11) is 1.58. The van der Waals surface area contributed by atoms with Gasteiger partial charge in [-0.2, -0.15) is 0 Å². The van der Waals surface area contributed by atoms with E-state index in [9.17, 15) is 9.59 Å². The van der Waals surface area contributed by atoms with Crippen LogP contribution in [0.2, 0.25) is 0 Å². The average Bonchev–Trinajstić information content (AvgIpc) is 3.05. The Morgan fingerprint density at radius 1 is 1.12 bits per heavy atom. The number of carbonyl (C=O) groups is 2. The maximum absolute atomic E-state index is 12.4. The minimum atomic E-state index is -0.486. The molecule has 0 bridgehead atoms. The van der Waals surface area contributed by atoms with Crippen molar-refractivity contribution in [3.8, 4) is 11.5 Å². The van der Waals surface area contributed by atoms with Crippen molar-refractivity contribution in [3.63, 3.8) is 0 Å². The van der Waals surface area contributed by atoms with Gasteiger partial charge in [0.2, 0.25) is 11.8 Å². The van der Waals surface area contributed by atoms with E-state index in [1.54, 1.807) is 36.3 Å². The number of hydrogen-bond acceptors (Lipinski definition) is 4. The molecule has 0 aliphatic carbocycles. The fourth-order valence-electron chi connectivity index (χ4n) is 2.95. The van der Waals surface area contributed by atoms with Crippen molar-refractivity contribution in [2.75, 3.05) is 25.2 Å². The van der Waals surface area contributed by atoms with E-state index in [4.69, 9.17) is 9.47 Å². The van der Waals surface area contributed by atoms with Crippen LogP contribution in [0.4, 0.5) is 5.69 Å². The van der Waals surface area contributed by atoms with Crippen LogP contribution < -0.4 is 15.0 Å². The number of rotatable bonds is 7. The second-order valence-corrected chi connectivity index (χ2v) is 6.01. The summed E-state index contributed by atoms with van der Waals surface area (Å²) >= 11 is 0. The highest BCUT2D eigenvalue weighted by Crippen LogP contribution is 2.29. The molecule has 136 valence electrons. The third-order valence-electron chi connectivity index (χ3n) is 4.21. The van der Waals surface area contributed by atoms with Gasteiger partial charge in [-0.3, -0.25) is 14.5 Å². The highest BCUT2D eigenvalue weighted by Gasteiger charge is 2.36. The molecule has 1 aliphatic heterocycles. The monoisotopic (exact) mass is 354 g/mol. The van der Waals surface area contributed by atoms with E-state index in [0.717, 1.165) is 5.75 Å². The number of carbonyl (C=O) groups excluding carboxylic acids is 2. The Morgan fingerprint density at radius 2 is 1.81 bits per heavy atom. The maximum Gasteiger partial charge on any atom is 0.243 e. The molecule has 26 heavy (non-hydrogen) atoms. The van der Waals surface area contributed by atoms with Crippen LogP contribution in [0.1, 0.15) is 12.8 Å². The van der Waals surface area contributed by atoms with Gasteiger partial charge in [0.1, 0.15) is 17.5 Å². The number of para-hydroxylation sites is 1. The molecule has 2 aromatic rings. The molecule has 1 saturated heterocycles. The summed E-state index contributed by atoms with van der Waals surface area (Å²) in [5.74, 6) is 1.21. The Morgan fingerprint density at radius 3 is 2.50 bits per heavy atom. The number of nitrogens with one attached hydrogen (secondary N) is 1. The Balaban J connectivity index is 1.69. The summed E-state index contributed by atoms with van der Waals surface area (Å²) in [6.45, 7) is 0.871. The maximum atomic E-state index is 12.4. The fourth-order valence-corrected chi connectivity index (χ4v) is 2.95. The van der Waals surface area contributed by atoms with Crippen LogP contribution in [0.25, 0.3) is 0 Å². The predicted molar refractivity (Wildman–Crippen MR) is 98.4 cm³/mol. The van der Waals surface area contributed by atoms with Crippen LogP contribution in [0.15, 0.2) is 54.6 Å². The third kappa shape index (κ3) is 4.21. The molecule has 3 rings (SSSR count). The average molecular weight is 354 g/mol. The lowest BCUT2D eigenvalue weighted by atomic mass is 10.2. The van der Waals surface area contributed by atoms with Crippen molar-refractivity contribution in [1.29, 1.82) is 0 Å². The van der Waals surface area contributed by atoms with Crippen molar-refractivity contribution in [3.05, 3.63) is 54.6 Å². The van der Waals surface area contributed by atoms with Crippen molar-refractivity contribution in [2.45, 2.75) is 18.9 Å². The molecule has 0 radical (unpaired) electrons. The lowest BCUT2D eigenvalue weighted by molar-refractivity contribution is -0.124. The predicted octanol–water partition coefficient (Wildman–Crippen LogP) is 2.74. The fraction of sp³-hybridized carbons (Fsp3) is 0.300. The van der Waals surface area contributed by atoms with Crippen molar-refractivity contribution >= 4 is 17.5 Å². The Labute approximate surface area is 152 Å². The number of ether oxygens (including phenoxy) is 2. The SMILES string of the molecule is COCCNC(=O)C1CCC(=O)N1c1ccc(Oc2ccccc2)cc1. The lowest BCUT2D eigenvalue weighted by Crippen LogP contribution is -2.45. The molecule has 0 spiro atoms. The first-order valence-corrected chi connectivity index (χ1v) is 8.60. The summed E-state index contributed by atoms with van der Waals surface area (Å²) in [6.07, 6.45) is 0.880. The summed E-state index contributed by atoms with van der Waals surface area (Å²) < 4.78 is 10.7. The standard InChI is InChI=1S/C20H22N2O4/c1-25-14-13-21-20(24)18-11-12-19(23)22(18)15-7-9-17(10-8-15)26-16-5-3-2-4-6-16/h2-10,18H,11-14H2,1H3,(H,21,24). The molecule has 1 fully saturated rings. The molecule has 6 heteroatoms. The smallest absolute Gasteiger partial charge is 0.243 e. The number of amides is 2. The van der Waals surface area contributed by atoms with E-state index in [-0.39, 0.29) is 11.8 Å². The second kappa shape index (κ2) is 8.49. The Hall–Kier alpha value is -2.86. The van der Waals surface area contributed by atoms with E-state index < -0.39 is 6.04 Å². The van der Waals surface area contributed by atoms with E-state index in [1.807, 2.05) is 30.3 Å². The largest absolute Gasteiger partial charge is 0.457 e. The second-order valence-electron chi connectivity index (χ2n) is 6.01. The van der Waals surface area contributed by atoms with Gasteiger partial charge in [0, 0.05) is 25.8 Å². The summed E-state index contributed by atoms with van der Waals surface area (Å²) in [4.78, 5) is 26.2. The van der Waals surface area contributed by atoms with Gasteiger partial charge < -0.3 is 14.8 Å². The third-order valence-corrected chi connectivity index (χ3v) is 4.21. The van der Waals surface area contributed by atoms with Crippen LogP contribution in [-0.2, 0) is 14.3 Å². The molecule has 1 heterocycles. The van der Waals surface area contributed by atoms with Crippen LogP contribution in [-0.4, -0.2) is 38.1 Å². The van der Waals surface area contributed by atoms with E-state index in [2.05, 4.69) is 5.32 Å². The molecule has 1 aliphatic rings. The molecule has 0 saturated carbocycles. The molecule has 1 atom stereocenters.